The van der Waals surface area contributed by atoms with Gasteiger partial charge in [-0.25, -0.2) is 8.42 Å². The lowest BCUT2D eigenvalue weighted by Gasteiger charge is -2.18. The second kappa shape index (κ2) is 7.46. The topological polar surface area (TPSA) is 83.5 Å². The zero-order chi connectivity index (χ0) is 17.9. The monoisotopic (exact) mass is 411 g/mol. The highest BCUT2D eigenvalue weighted by molar-refractivity contribution is 9.10. The number of nitrogens with one attached hydrogen (secondary N) is 1. The Morgan fingerprint density at radius 1 is 1.12 bits per heavy atom. The van der Waals surface area contributed by atoms with E-state index in [1.54, 1.807) is 19.9 Å². The molecule has 0 aliphatic carbocycles. The lowest BCUT2D eigenvalue weighted by atomic mass is 10.1. The fourth-order valence-electron chi connectivity index (χ4n) is 2.22. The van der Waals surface area contributed by atoms with Crippen molar-refractivity contribution in [1.82, 2.24) is 4.72 Å². The molecule has 0 radical (unpaired) electrons. The molecule has 1 atom stereocenters. The molecule has 24 heavy (non-hydrogen) atoms. The molecule has 128 valence electrons. The van der Waals surface area contributed by atoms with Gasteiger partial charge in [0.15, 0.2) is 0 Å². The fourth-order valence-corrected chi connectivity index (χ4v) is 4.34. The van der Waals surface area contributed by atoms with Gasteiger partial charge in [0.05, 0.1) is 4.90 Å². The summed E-state index contributed by atoms with van der Waals surface area (Å²) in [6.45, 7) is 3.30. The maximum atomic E-state index is 12.5. The van der Waals surface area contributed by atoms with Gasteiger partial charge in [0.2, 0.25) is 10.0 Å². The van der Waals surface area contributed by atoms with Crippen LogP contribution in [-0.2, 0) is 14.8 Å². The van der Waals surface area contributed by atoms with E-state index in [1.807, 2.05) is 30.3 Å². The Kier molecular flexibility index (Phi) is 5.79. The standard InChI is InChI=1S/C17H18BrNO4S/c1-11(2)16(17(20)21)19-24(22,23)13-8-9-14(15(18)10-13)12-6-4-3-5-7-12/h3-11,16,19H,1-2H3,(H,20,21). The summed E-state index contributed by atoms with van der Waals surface area (Å²) in [6.07, 6.45) is 0. The Bertz CT molecular complexity index is 835. The molecular weight excluding hydrogens is 394 g/mol. The van der Waals surface area contributed by atoms with Gasteiger partial charge in [0.25, 0.3) is 0 Å². The Morgan fingerprint density at radius 2 is 1.75 bits per heavy atom. The van der Waals surface area contributed by atoms with Crippen LogP contribution in [0.2, 0.25) is 0 Å². The van der Waals surface area contributed by atoms with Crippen molar-refractivity contribution in [3.63, 3.8) is 0 Å². The molecule has 7 heteroatoms. The normalized spacial score (nSPS) is 13.0. The van der Waals surface area contributed by atoms with Crippen molar-refractivity contribution >= 4 is 31.9 Å². The third-order valence-corrected chi connectivity index (χ3v) is 5.65. The first kappa shape index (κ1) is 18.6. The summed E-state index contributed by atoms with van der Waals surface area (Å²) in [6, 6.07) is 13.0. The number of carbonyl (C=O) groups is 1. The summed E-state index contributed by atoms with van der Waals surface area (Å²) < 4.78 is 27.8. The maximum absolute atomic E-state index is 12.5. The van der Waals surface area contributed by atoms with Crippen molar-refractivity contribution in [2.24, 2.45) is 5.92 Å². The largest absolute Gasteiger partial charge is 0.480 e. The number of benzene rings is 2. The van der Waals surface area contributed by atoms with Crippen LogP contribution < -0.4 is 4.72 Å². The van der Waals surface area contributed by atoms with Gasteiger partial charge in [-0.2, -0.15) is 4.72 Å². The number of halogens is 1. The van der Waals surface area contributed by atoms with Gasteiger partial charge in [-0.05, 0) is 29.2 Å². The Balaban J connectivity index is 2.35. The summed E-state index contributed by atoms with van der Waals surface area (Å²) in [5.41, 5.74) is 1.81. The van der Waals surface area contributed by atoms with Gasteiger partial charge in [-0.15, -0.1) is 0 Å². The first-order valence-electron chi connectivity index (χ1n) is 7.32. The second-order valence-corrected chi connectivity index (χ2v) is 8.26. The molecule has 1 unspecified atom stereocenters. The molecule has 0 aliphatic heterocycles. The zero-order valence-corrected chi connectivity index (χ0v) is 15.6. The third-order valence-electron chi connectivity index (χ3n) is 3.55. The molecule has 0 saturated heterocycles. The van der Waals surface area contributed by atoms with Crippen LogP contribution in [-0.4, -0.2) is 25.5 Å². The number of rotatable bonds is 6. The van der Waals surface area contributed by atoms with E-state index in [1.165, 1.54) is 12.1 Å². The number of carboxylic acids is 1. The molecule has 2 rings (SSSR count). The van der Waals surface area contributed by atoms with Crippen LogP contribution in [0, 0.1) is 5.92 Å². The zero-order valence-electron chi connectivity index (χ0n) is 13.2. The second-order valence-electron chi connectivity index (χ2n) is 5.69. The lowest BCUT2D eigenvalue weighted by Crippen LogP contribution is -2.44. The van der Waals surface area contributed by atoms with Crippen LogP contribution in [0.25, 0.3) is 11.1 Å². The maximum Gasteiger partial charge on any atom is 0.322 e. The molecule has 2 aromatic carbocycles. The van der Waals surface area contributed by atoms with Gasteiger partial charge in [-0.3, -0.25) is 4.79 Å². The van der Waals surface area contributed by atoms with E-state index in [2.05, 4.69) is 20.7 Å². The summed E-state index contributed by atoms with van der Waals surface area (Å²) in [7, 11) is -3.93. The van der Waals surface area contributed by atoms with Crippen molar-refractivity contribution in [3.05, 3.63) is 53.0 Å². The molecule has 0 bridgehead atoms. The molecule has 5 nitrogen and oxygen atoms in total. The number of hydrogen-bond donors (Lipinski definition) is 2. The van der Waals surface area contributed by atoms with Crippen molar-refractivity contribution < 1.29 is 18.3 Å². The summed E-state index contributed by atoms with van der Waals surface area (Å²) in [5.74, 6) is -1.57. The molecular formula is C17H18BrNO4S. The highest BCUT2D eigenvalue weighted by Gasteiger charge is 2.28. The van der Waals surface area contributed by atoms with E-state index in [0.29, 0.717) is 4.47 Å². The minimum absolute atomic E-state index is 0.0148. The summed E-state index contributed by atoms with van der Waals surface area (Å²) in [4.78, 5) is 11.2. The SMILES string of the molecule is CC(C)C(NS(=O)(=O)c1ccc(-c2ccccc2)c(Br)c1)C(=O)O. The Labute approximate surface area is 149 Å². The summed E-state index contributed by atoms with van der Waals surface area (Å²) >= 11 is 3.39. The first-order chi connectivity index (χ1) is 11.2. The average molecular weight is 412 g/mol. The average Bonchev–Trinajstić information content (AvgIpc) is 2.53. The van der Waals surface area contributed by atoms with Gasteiger partial charge < -0.3 is 5.11 Å². The van der Waals surface area contributed by atoms with Crippen molar-refractivity contribution in [1.29, 1.82) is 0 Å². The van der Waals surface area contributed by atoms with Crippen LogP contribution in [0.3, 0.4) is 0 Å². The van der Waals surface area contributed by atoms with Crippen LogP contribution in [0.4, 0.5) is 0 Å². The number of carboxylic acid groups (broad SMARTS) is 1. The smallest absolute Gasteiger partial charge is 0.322 e. The van der Waals surface area contributed by atoms with Crippen molar-refractivity contribution in [2.45, 2.75) is 24.8 Å². The van der Waals surface area contributed by atoms with Crippen molar-refractivity contribution in [2.75, 3.05) is 0 Å². The van der Waals surface area contributed by atoms with E-state index in [4.69, 9.17) is 5.11 Å². The third kappa shape index (κ3) is 4.23. The molecule has 0 amide bonds. The van der Waals surface area contributed by atoms with E-state index in [-0.39, 0.29) is 10.8 Å². The predicted octanol–water partition coefficient (Wildman–Crippen LogP) is 3.50. The molecule has 0 spiro atoms. The van der Waals surface area contributed by atoms with Crippen molar-refractivity contribution in [3.8, 4) is 11.1 Å². The predicted molar refractivity (Wildman–Crippen MR) is 96.2 cm³/mol. The molecule has 0 saturated carbocycles. The Morgan fingerprint density at radius 3 is 2.25 bits per heavy atom. The number of aliphatic carboxylic acids is 1. The van der Waals surface area contributed by atoms with Gasteiger partial charge in [0, 0.05) is 4.47 Å². The van der Waals surface area contributed by atoms with Crippen LogP contribution in [0.1, 0.15) is 13.8 Å². The minimum atomic E-state index is -3.93. The summed E-state index contributed by atoms with van der Waals surface area (Å²) in [5, 5.41) is 9.17. The Hall–Kier alpha value is -1.70. The quantitative estimate of drug-likeness (QED) is 0.761. The molecule has 0 heterocycles. The van der Waals surface area contributed by atoms with Crippen LogP contribution in [0.15, 0.2) is 57.9 Å². The van der Waals surface area contributed by atoms with E-state index >= 15 is 0 Å². The highest BCUT2D eigenvalue weighted by Crippen LogP contribution is 2.30. The molecule has 0 aliphatic rings. The van der Waals surface area contributed by atoms with Gasteiger partial charge in [-0.1, -0.05) is 66.2 Å². The van der Waals surface area contributed by atoms with Crippen LogP contribution in [0.5, 0.6) is 0 Å². The number of hydrogen-bond acceptors (Lipinski definition) is 3. The van der Waals surface area contributed by atoms with E-state index < -0.39 is 22.0 Å². The van der Waals surface area contributed by atoms with Gasteiger partial charge in [0.1, 0.15) is 6.04 Å². The van der Waals surface area contributed by atoms with E-state index in [9.17, 15) is 13.2 Å². The minimum Gasteiger partial charge on any atom is -0.480 e. The highest BCUT2D eigenvalue weighted by atomic mass is 79.9. The molecule has 2 N–H and O–H groups in total. The first-order valence-corrected chi connectivity index (χ1v) is 9.60. The fraction of sp³-hybridized carbons (Fsp3) is 0.235. The molecule has 0 aromatic heterocycles. The lowest BCUT2D eigenvalue weighted by molar-refractivity contribution is -0.140. The van der Waals surface area contributed by atoms with Gasteiger partial charge >= 0.3 is 5.97 Å². The van der Waals surface area contributed by atoms with E-state index in [0.717, 1.165) is 11.1 Å². The number of sulfonamides is 1. The molecule has 2 aromatic rings. The molecule has 0 fully saturated rings. The van der Waals surface area contributed by atoms with Crippen LogP contribution >= 0.6 is 15.9 Å².